The Balaban J connectivity index is 1.69. The normalized spacial score (nSPS) is 16.7. The molecule has 3 aromatic rings. The zero-order valence-corrected chi connectivity index (χ0v) is 19.4. The Hall–Kier alpha value is -2.82. The fourth-order valence-corrected chi connectivity index (χ4v) is 5.08. The predicted octanol–water partition coefficient (Wildman–Crippen LogP) is 1.76. The third-order valence-electron chi connectivity index (χ3n) is 5.81. The zero-order valence-electron chi connectivity index (χ0n) is 18.5. The molecule has 0 saturated carbocycles. The van der Waals surface area contributed by atoms with E-state index in [9.17, 15) is 8.42 Å². The van der Waals surface area contributed by atoms with Gasteiger partial charge < -0.3 is 9.64 Å². The van der Waals surface area contributed by atoms with E-state index < -0.39 is 9.84 Å². The van der Waals surface area contributed by atoms with Gasteiger partial charge in [0.2, 0.25) is 0 Å². The maximum absolute atomic E-state index is 13.1. The van der Waals surface area contributed by atoms with Gasteiger partial charge in [0.15, 0.2) is 21.5 Å². The van der Waals surface area contributed by atoms with E-state index in [1.54, 1.807) is 31.4 Å². The number of ether oxygens (including phenoxy) is 1. The predicted molar refractivity (Wildman–Crippen MR) is 120 cm³/mol. The lowest BCUT2D eigenvalue weighted by atomic mass is 10.0. The topological polar surface area (TPSA) is 93.4 Å². The van der Waals surface area contributed by atoms with E-state index in [2.05, 4.69) is 32.4 Å². The minimum Gasteiger partial charge on any atom is -0.497 e. The highest BCUT2D eigenvalue weighted by Gasteiger charge is 2.31. The number of aryl methyl sites for hydroxylation is 1. The molecule has 4 rings (SSSR count). The maximum Gasteiger partial charge on any atom is 0.198 e. The average Bonchev–Trinajstić information content (AvgIpc) is 3.23. The number of benzene rings is 2. The minimum atomic E-state index is -3.61. The van der Waals surface area contributed by atoms with Gasteiger partial charge in [0.1, 0.15) is 5.75 Å². The number of aromatic nitrogens is 4. The number of likely N-dealkylation sites (N-methyl/N-ethyl adjacent to an activating group) is 1. The van der Waals surface area contributed by atoms with Crippen molar-refractivity contribution in [2.75, 3.05) is 40.3 Å². The second kappa shape index (κ2) is 9.35. The third kappa shape index (κ3) is 4.82. The highest BCUT2D eigenvalue weighted by atomic mass is 32.2. The van der Waals surface area contributed by atoms with E-state index in [-0.39, 0.29) is 16.8 Å². The summed E-state index contributed by atoms with van der Waals surface area (Å²) in [6.07, 6.45) is 0. The van der Waals surface area contributed by atoms with Crippen LogP contribution < -0.4 is 4.74 Å². The van der Waals surface area contributed by atoms with Gasteiger partial charge in [-0.2, -0.15) is 0 Å². The number of methoxy groups -OCH3 is 1. The molecule has 0 aliphatic carbocycles. The van der Waals surface area contributed by atoms with E-state index in [1.807, 2.05) is 31.2 Å². The molecule has 1 fully saturated rings. The molecule has 0 radical (unpaired) electrons. The van der Waals surface area contributed by atoms with Crippen LogP contribution >= 0.6 is 0 Å². The van der Waals surface area contributed by atoms with Crippen LogP contribution in [0.2, 0.25) is 0 Å². The standard InChI is InChI=1S/C22H28N6O3S/c1-17-4-10-20(11-5-17)32(29,30)16-28-22(23-24-25-28)21(27-14-12-26(2)13-15-27)18-6-8-19(31-3)9-7-18/h4-11,21H,12-16H2,1-3H3. The number of sulfone groups is 1. The van der Waals surface area contributed by atoms with Gasteiger partial charge in [0.25, 0.3) is 0 Å². The maximum atomic E-state index is 13.1. The number of hydrogen-bond donors (Lipinski definition) is 0. The van der Waals surface area contributed by atoms with Crippen LogP contribution in [0.3, 0.4) is 0 Å². The molecule has 1 saturated heterocycles. The van der Waals surface area contributed by atoms with Crippen LogP contribution in [-0.4, -0.2) is 78.8 Å². The minimum absolute atomic E-state index is 0.255. The molecule has 1 unspecified atom stereocenters. The van der Waals surface area contributed by atoms with Gasteiger partial charge >= 0.3 is 0 Å². The Kier molecular flexibility index (Phi) is 6.54. The first kappa shape index (κ1) is 22.4. The summed E-state index contributed by atoms with van der Waals surface area (Å²) in [7, 11) is 0.109. The summed E-state index contributed by atoms with van der Waals surface area (Å²) in [5, 5.41) is 12.2. The van der Waals surface area contributed by atoms with Crippen molar-refractivity contribution in [3.05, 3.63) is 65.5 Å². The lowest BCUT2D eigenvalue weighted by Gasteiger charge is -2.37. The van der Waals surface area contributed by atoms with Crippen molar-refractivity contribution in [3.8, 4) is 5.75 Å². The molecule has 2 aromatic carbocycles. The fraction of sp³-hybridized carbons (Fsp3) is 0.409. The molecule has 170 valence electrons. The molecule has 9 nitrogen and oxygen atoms in total. The summed E-state index contributed by atoms with van der Waals surface area (Å²) in [4.78, 5) is 4.82. The van der Waals surface area contributed by atoms with E-state index in [0.29, 0.717) is 5.82 Å². The lowest BCUT2D eigenvalue weighted by molar-refractivity contribution is 0.122. The summed E-state index contributed by atoms with van der Waals surface area (Å²) >= 11 is 0. The van der Waals surface area contributed by atoms with Crippen LogP contribution in [-0.2, 0) is 15.7 Å². The van der Waals surface area contributed by atoms with Crippen LogP contribution in [0.4, 0.5) is 0 Å². The molecule has 1 aliphatic rings. The third-order valence-corrected chi connectivity index (χ3v) is 7.39. The zero-order chi connectivity index (χ0) is 22.7. The highest BCUT2D eigenvalue weighted by Crippen LogP contribution is 2.30. The smallest absolute Gasteiger partial charge is 0.198 e. The molecule has 1 aromatic heterocycles. The first-order chi connectivity index (χ1) is 15.4. The molecule has 0 N–H and O–H groups in total. The average molecular weight is 457 g/mol. The largest absolute Gasteiger partial charge is 0.497 e. The summed E-state index contributed by atoms with van der Waals surface area (Å²) in [5.74, 6) is 0.946. The van der Waals surface area contributed by atoms with Crippen LogP contribution in [0.5, 0.6) is 5.75 Å². The first-order valence-electron chi connectivity index (χ1n) is 10.5. The van der Waals surface area contributed by atoms with Gasteiger partial charge in [-0.3, -0.25) is 4.90 Å². The molecule has 2 heterocycles. The molecular weight excluding hydrogens is 428 g/mol. The quantitative estimate of drug-likeness (QED) is 0.531. The van der Waals surface area contributed by atoms with Crippen molar-refractivity contribution in [1.82, 2.24) is 30.0 Å². The van der Waals surface area contributed by atoms with Gasteiger partial charge in [-0.05, 0) is 54.2 Å². The summed E-state index contributed by atoms with van der Waals surface area (Å²) in [5.41, 5.74) is 1.99. The Morgan fingerprint density at radius 2 is 1.66 bits per heavy atom. The SMILES string of the molecule is COc1ccc(C(c2nnnn2CS(=O)(=O)c2ccc(C)cc2)N2CCN(C)CC2)cc1. The second-order valence-corrected chi connectivity index (χ2v) is 10.1. The highest BCUT2D eigenvalue weighted by molar-refractivity contribution is 7.90. The number of piperazine rings is 1. The van der Waals surface area contributed by atoms with E-state index in [0.717, 1.165) is 43.1 Å². The van der Waals surface area contributed by atoms with Gasteiger partial charge in [0.05, 0.1) is 18.0 Å². The summed E-state index contributed by atoms with van der Waals surface area (Å²) in [6.45, 7) is 5.40. The molecule has 1 atom stereocenters. The van der Waals surface area contributed by atoms with Crippen molar-refractivity contribution >= 4 is 9.84 Å². The van der Waals surface area contributed by atoms with Gasteiger partial charge in [0, 0.05) is 26.2 Å². The first-order valence-corrected chi connectivity index (χ1v) is 12.1. The molecule has 0 bridgehead atoms. The van der Waals surface area contributed by atoms with Crippen LogP contribution in [0, 0.1) is 6.92 Å². The van der Waals surface area contributed by atoms with Crippen molar-refractivity contribution < 1.29 is 13.2 Å². The van der Waals surface area contributed by atoms with Crippen LogP contribution in [0.1, 0.15) is 23.0 Å². The fourth-order valence-electron chi connectivity index (χ4n) is 3.87. The molecule has 32 heavy (non-hydrogen) atoms. The Labute approximate surface area is 188 Å². The number of hydrogen-bond acceptors (Lipinski definition) is 8. The van der Waals surface area contributed by atoms with E-state index in [1.165, 1.54) is 4.68 Å². The Morgan fingerprint density at radius 3 is 2.28 bits per heavy atom. The van der Waals surface area contributed by atoms with Gasteiger partial charge in [-0.1, -0.05) is 29.8 Å². The Morgan fingerprint density at radius 1 is 1.00 bits per heavy atom. The summed E-state index contributed by atoms with van der Waals surface area (Å²) < 4.78 is 32.8. The van der Waals surface area contributed by atoms with Crippen LogP contribution in [0.15, 0.2) is 53.4 Å². The summed E-state index contributed by atoms with van der Waals surface area (Å²) in [6, 6.07) is 14.3. The van der Waals surface area contributed by atoms with Crippen molar-refractivity contribution in [1.29, 1.82) is 0 Å². The second-order valence-electron chi connectivity index (χ2n) is 8.11. The molecule has 1 aliphatic heterocycles. The number of tetrazole rings is 1. The number of nitrogens with zero attached hydrogens (tertiary/aromatic N) is 6. The molecule has 0 spiro atoms. The number of rotatable bonds is 7. The molecule has 10 heteroatoms. The van der Waals surface area contributed by atoms with Gasteiger partial charge in [-0.25, -0.2) is 13.1 Å². The monoisotopic (exact) mass is 456 g/mol. The molecule has 0 amide bonds. The lowest BCUT2D eigenvalue weighted by Crippen LogP contribution is -2.46. The van der Waals surface area contributed by atoms with Crippen molar-refractivity contribution in [3.63, 3.8) is 0 Å². The Bertz CT molecular complexity index is 1140. The van der Waals surface area contributed by atoms with Gasteiger partial charge in [-0.15, -0.1) is 5.10 Å². The van der Waals surface area contributed by atoms with E-state index >= 15 is 0 Å². The van der Waals surface area contributed by atoms with E-state index in [4.69, 9.17) is 4.74 Å². The molecular formula is C22H28N6O3S. The van der Waals surface area contributed by atoms with Crippen molar-refractivity contribution in [2.45, 2.75) is 23.7 Å². The van der Waals surface area contributed by atoms with Crippen LogP contribution in [0.25, 0.3) is 0 Å². The van der Waals surface area contributed by atoms with Crippen molar-refractivity contribution in [2.24, 2.45) is 0 Å².